The number of aliphatic carboxylic acids is 1. The van der Waals surface area contributed by atoms with Crippen LogP contribution in [0.25, 0.3) is 10.8 Å². The van der Waals surface area contributed by atoms with Crippen molar-refractivity contribution >= 4 is 22.8 Å². The predicted octanol–water partition coefficient (Wildman–Crippen LogP) is 5.32. The fourth-order valence-electron chi connectivity index (χ4n) is 3.23. The molecule has 2 aromatic rings. The summed E-state index contributed by atoms with van der Waals surface area (Å²) in [6, 6.07) is 10.5. The van der Waals surface area contributed by atoms with Gasteiger partial charge in [-0.05, 0) is 44.0 Å². The fourth-order valence-corrected chi connectivity index (χ4v) is 3.23. The van der Waals surface area contributed by atoms with Crippen LogP contribution in [-0.2, 0) is 16.0 Å². The molecule has 2 aromatic carbocycles. The minimum atomic E-state index is -1.13. The van der Waals surface area contributed by atoms with Crippen molar-refractivity contribution in [1.82, 2.24) is 5.32 Å². The van der Waals surface area contributed by atoms with Crippen LogP contribution < -0.4 is 10.1 Å². The monoisotopic (exact) mass is 415 g/mol. The Bertz CT molecular complexity index is 856. The van der Waals surface area contributed by atoms with Crippen molar-refractivity contribution in [3.05, 3.63) is 42.0 Å². The van der Waals surface area contributed by atoms with Crippen molar-refractivity contribution in [3.63, 3.8) is 0 Å². The number of fused-ring (bicyclic) bond motifs is 1. The first kappa shape index (κ1) is 23.5. The standard InChI is InChI=1S/C24H33NO5/c1-5-6-7-10-15-29-21-14-13-17-11-8-9-12-18(17)19(21)16-20(22(26)27)25-23(28)30-24(2,3)4/h8-9,11-14,20H,5-7,10,15-16H2,1-4H3,(H,25,28)(H,26,27). The van der Waals surface area contributed by atoms with Gasteiger partial charge in [0.05, 0.1) is 6.61 Å². The molecule has 0 fully saturated rings. The average Bonchev–Trinajstić information content (AvgIpc) is 2.66. The summed E-state index contributed by atoms with van der Waals surface area (Å²) in [5, 5.41) is 14.1. The summed E-state index contributed by atoms with van der Waals surface area (Å²) in [4.78, 5) is 24.0. The van der Waals surface area contributed by atoms with E-state index in [2.05, 4.69) is 12.2 Å². The Morgan fingerprint density at radius 1 is 1.07 bits per heavy atom. The van der Waals surface area contributed by atoms with Crippen LogP contribution >= 0.6 is 0 Å². The second-order valence-corrected chi connectivity index (χ2v) is 8.41. The van der Waals surface area contributed by atoms with Crippen LogP contribution in [0.15, 0.2) is 36.4 Å². The van der Waals surface area contributed by atoms with E-state index < -0.39 is 23.7 Å². The van der Waals surface area contributed by atoms with Gasteiger partial charge in [-0.2, -0.15) is 0 Å². The van der Waals surface area contributed by atoms with Gasteiger partial charge in [0.1, 0.15) is 17.4 Å². The Hall–Kier alpha value is -2.76. The molecule has 6 heteroatoms. The number of carboxylic acid groups (broad SMARTS) is 1. The van der Waals surface area contributed by atoms with Gasteiger partial charge in [-0.3, -0.25) is 0 Å². The number of benzene rings is 2. The summed E-state index contributed by atoms with van der Waals surface area (Å²) < 4.78 is 11.3. The van der Waals surface area contributed by atoms with Crippen LogP contribution in [0.4, 0.5) is 4.79 Å². The van der Waals surface area contributed by atoms with Gasteiger partial charge in [0, 0.05) is 12.0 Å². The maximum Gasteiger partial charge on any atom is 0.408 e. The lowest BCUT2D eigenvalue weighted by atomic mass is 9.97. The van der Waals surface area contributed by atoms with Crippen molar-refractivity contribution in [1.29, 1.82) is 0 Å². The van der Waals surface area contributed by atoms with Crippen LogP contribution in [0.1, 0.15) is 58.9 Å². The summed E-state index contributed by atoms with van der Waals surface area (Å²) in [5.41, 5.74) is 0.0614. The second kappa shape index (κ2) is 10.9. The first-order valence-electron chi connectivity index (χ1n) is 10.6. The number of nitrogens with one attached hydrogen (secondary N) is 1. The molecular formula is C24H33NO5. The molecule has 1 atom stereocenters. The summed E-state index contributed by atoms with van der Waals surface area (Å²) in [6.07, 6.45) is 3.69. The zero-order valence-corrected chi connectivity index (χ0v) is 18.4. The zero-order chi connectivity index (χ0) is 22.1. The largest absolute Gasteiger partial charge is 0.493 e. The molecule has 2 N–H and O–H groups in total. The highest BCUT2D eigenvalue weighted by molar-refractivity contribution is 5.89. The molecule has 30 heavy (non-hydrogen) atoms. The van der Waals surface area contributed by atoms with Gasteiger partial charge < -0.3 is 19.9 Å². The summed E-state index contributed by atoms with van der Waals surface area (Å²) in [6.45, 7) is 7.93. The van der Waals surface area contributed by atoms with Crippen LogP contribution in [0.2, 0.25) is 0 Å². The minimum Gasteiger partial charge on any atom is -0.493 e. The number of hydrogen-bond acceptors (Lipinski definition) is 4. The van der Waals surface area contributed by atoms with E-state index in [4.69, 9.17) is 9.47 Å². The van der Waals surface area contributed by atoms with Crippen LogP contribution in [0.5, 0.6) is 5.75 Å². The number of carbonyl (C=O) groups is 2. The third-order valence-corrected chi connectivity index (χ3v) is 4.65. The first-order valence-corrected chi connectivity index (χ1v) is 10.6. The van der Waals surface area contributed by atoms with Gasteiger partial charge >= 0.3 is 12.1 Å². The summed E-state index contributed by atoms with van der Waals surface area (Å²) in [5.74, 6) is -0.467. The van der Waals surface area contributed by atoms with Gasteiger partial charge in [-0.1, -0.05) is 56.5 Å². The summed E-state index contributed by atoms with van der Waals surface area (Å²) >= 11 is 0. The van der Waals surface area contributed by atoms with Gasteiger partial charge in [0.25, 0.3) is 0 Å². The molecule has 6 nitrogen and oxygen atoms in total. The topological polar surface area (TPSA) is 84.9 Å². The van der Waals surface area contributed by atoms with Gasteiger partial charge in [0.2, 0.25) is 0 Å². The molecule has 0 spiro atoms. The SMILES string of the molecule is CCCCCCOc1ccc2ccccc2c1CC(NC(=O)OC(C)(C)C)C(=O)O. The number of rotatable bonds is 10. The summed E-state index contributed by atoms with van der Waals surface area (Å²) in [7, 11) is 0. The number of ether oxygens (including phenoxy) is 2. The van der Waals surface area contributed by atoms with E-state index in [1.54, 1.807) is 20.8 Å². The quantitative estimate of drug-likeness (QED) is 0.513. The molecule has 0 heterocycles. The molecule has 164 valence electrons. The molecule has 0 saturated heterocycles. The Kier molecular flexibility index (Phi) is 8.51. The first-order chi connectivity index (χ1) is 14.2. The van der Waals surface area contributed by atoms with Gasteiger partial charge in [-0.15, -0.1) is 0 Å². The lowest BCUT2D eigenvalue weighted by Gasteiger charge is -2.23. The van der Waals surface area contributed by atoms with Gasteiger partial charge in [-0.25, -0.2) is 9.59 Å². The number of alkyl carbamates (subject to hydrolysis) is 1. The zero-order valence-electron chi connectivity index (χ0n) is 18.4. The second-order valence-electron chi connectivity index (χ2n) is 8.41. The molecule has 0 aliphatic rings. The van der Waals surface area contributed by atoms with E-state index in [-0.39, 0.29) is 6.42 Å². The number of hydrogen-bond donors (Lipinski definition) is 2. The van der Waals surface area contributed by atoms with Crippen molar-refractivity contribution in [3.8, 4) is 5.75 Å². The van der Waals surface area contributed by atoms with E-state index in [1.165, 1.54) is 0 Å². The normalized spacial score (nSPS) is 12.4. The fraction of sp³-hybridized carbons (Fsp3) is 0.500. The highest BCUT2D eigenvalue weighted by Gasteiger charge is 2.26. The third kappa shape index (κ3) is 7.25. The molecule has 0 aliphatic carbocycles. The lowest BCUT2D eigenvalue weighted by Crippen LogP contribution is -2.44. The molecule has 0 radical (unpaired) electrons. The van der Waals surface area contributed by atoms with Gasteiger partial charge in [0.15, 0.2) is 0 Å². The third-order valence-electron chi connectivity index (χ3n) is 4.65. The van der Waals surface area contributed by atoms with Crippen LogP contribution in [0.3, 0.4) is 0 Å². The van der Waals surface area contributed by atoms with E-state index in [0.717, 1.165) is 42.0 Å². The van der Waals surface area contributed by atoms with E-state index in [1.807, 2.05) is 36.4 Å². The van der Waals surface area contributed by atoms with E-state index in [0.29, 0.717) is 12.4 Å². The van der Waals surface area contributed by atoms with E-state index in [9.17, 15) is 14.7 Å². The molecule has 1 amide bonds. The number of unbranched alkanes of at least 4 members (excludes halogenated alkanes) is 3. The van der Waals surface area contributed by atoms with E-state index >= 15 is 0 Å². The number of carboxylic acids is 1. The van der Waals surface area contributed by atoms with Crippen molar-refractivity contribution in [2.75, 3.05) is 6.61 Å². The maximum atomic E-state index is 12.2. The average molecular weight is 416 g/mol. The molecule has 2 rings (SSSR count). The Morgan fingerprint density at radius 2 is 1.80 bits per heavy atom. The van der Waals surface area contributed by atoms with Crippen molar-refractivity contribution in [2.24, 2.45) is 0 Å². The Morgan fingerprint density at radius 3 is 2.47 bits per heavy atom. The molecular weight excluding hydrogens is 382 g/mol. The highest BCUT2D eigenvalue weighted by atomic mass is 16.6. The molecule has 0 bridgehead atoms. The highest BCUT2D eigenvalue weighted by Crippen LogP contribution is 2.30. The molecule has 0 aliphatic heterocycles. The van der Waals surface area contributed by atoms with Crippen LogP contribution in [-0.4, -0.2) is 35.4 Å². The lowest BCUT2D eigenvalue weighted by molar-refractivity contribution is -0.139. The molecule has 1 unspecified atom stereocenters. The molecule has 0 saturated carbocycles. The smallest absolute Gasteiger partial charge is 0.408 e. The number of carbonyl (C=O) groups excluding carboxylic acids is 1. The van der Waals surface area contributed by atoms with Crippen LogP contribution in [0, 0.1) is 0 Å². The Balaban J connectivity index is 2.25. The number of amides is 1. The predicted molar refractivity (Wildman–Crippen MR) is 118 cm³/mol. The maximum absolute atomic E-state index is 12.2. The minimum absolute atomic E-state index is 0.0974. The Labute approximate surface area is 178 Å². The van der Waals surface area contributed by atoms with Crippen molar-refractivity contribution < 1.29 is 24.2 Å². The van der Waals surface area contributed by atoms with Crippen molar-refractivity contribution in [2.45, 2.75) is 71.4 Å². The molecule has 0 aromatic heterocycles.